The molecular weight excluding hydrogens is 356 g/mol. The van der Waals surface area contributed by atoms with Gasteiger partial charge in [-0.25, -0.2) is 0 Å². The molecule has 0 aliphatic rings. The summed E-state index contributed by atoms with van der Waals surface area (Å²) in [7, 11) is 0. The Kier molecular flexibility index (Phi) is 5.83. The molecule has 25 heavy (non-hydrogen) atoms. The number of carbonyl (C=O) groups is 1. The van der Waals surface area contributed by atoms with Crippen LogP contribution in [0.15, 0.2) is 57.1 Å². The number of anilines is 1. The number of hydrogen-bond donors (Lipinski definition) is 1. The average molecular weight is 374 g/mol. The van der Waals surface area contributed by atoms with Gasteiger partial charge in [-0.15, -0.1) is 22.0 Å². The summed E-state index contributed by atoms with van der Waals surface area (Å²) in [5, 5.41) is 12.0. The van der Waals surface area contributed by atoms with E-state index < -0.39 is 0 Å². The van der Waals surface area contributed by atoms with E-state index in [1.807, 2.05) is 54.1 Å². The predicted octanol–water partition coefficient (Wildman–Crippen LogP) is 4.01. The number of furan rings is 1. The molecule has 8 heteroatoms. The van der Waals surface area contributed by atoms with Crippen LogP contribution in [0.1, 0.15) is 6.92 Å². The Bertz CT molecular complexity index is 846. The highest BCUT2D eigenvalue weighted by atomic mass is 32.2. The zero-order chi connectivity index (χ0) is 17.6. The van der Waals surface area contributed by atoms with Crippen LogP contribution in [0.5, 0.6) is 0 Å². The van der Waals surface area contributed by atoms with Gasteiger partial charge in [0.25, 0.3) is 0 Å². The molecular formula is C17H18N4O2S2. The SMILES string of the molecule is CCn1c(SCC(=O)Nc2cccc(SC)c2)nnc1-c1ccco1. The van der Waals surface area contributed by atoms with Crippen molar-refractivity contribution < 1.29 is 9.21 Å². The van der Waals surface area contributed by atoms with Gasteiger partial charge >= 0.3 is 0 Å². The predicted molar refractivity (Wildman–Crippen MR) is 101 cm³/mol. The molecule has 3 aromatic rings. The normalized spacial score (nSPS) is 10.8. The van der Waals surface area contributed by atoms with E-state index in [4.69, 9.17) is 4.42 Å². The molecule has 2 aromatic heterocycles. The number of nitrogens with zero attached hydrogens (tertiary/aromatic N) is 3. The number of benzene rings is 1. The highest BCUT2D eigenvalue weighted by molar-refractivity contribution is 7.99. The van der Waals surface area contributed by atoms with E-state index in [2.05, 4.69) is 15.5 Å². The van der Waals surface area contributed by atoms with E-state index >= 15 is 0 Å². The van der Waals surface area contributed by atoms with Gasteiger partial charge in [-0.2, -0.15) is 0 Å². The van der Waals surface area contributed by atoms with Crippen molar-refractivity contribution in [1.29, 1.82) is 0 Å². The first-order chi connectivity index (χ1) is 12.2. The Labute approximate surface area is 154 Å². The maximum absolute atomic E-state index is 12.2. The standard InChI is InChI=1S/C17H18N4O2S2/c1-3-21-16(14-8-5-9-23-14)19-20-17(21)25-11-15(22)18-12-6-4-7-13(10-12)24-2/h4-10H,3,11H2,1-2H3,(H,18,22). The van der Waals surface area contributed by atoms with Gasteiger partial charge in [-0.05, 0) is 43.5 Å². The molecule has 3 rings (SSSR count). The lowest BCUT2D eigenvalue weighted by molar-refractivity contribution is -0.113. The van der Waals surface area contributed by atoms with Crippen molar-refractivity contribution in [3.05, 3.63) is 42.7 Å². The summed E-state index contributed by atoms with van der Waals surface area (Å²) >= 11 is 3.00. The van der Waals surface area contributed by atoms with Gasteiger partial charge in [-0.3, -0.25) is 9.36 Å². The maximum atomic E-state index is 12.2. The van der Waals surface area contributed by atoms with Crippen molar-refractivity contribution in [3.63, 3.8) is 0 Å². The molecule has 1 amide bonds. The third-order valence-corrected chi connectivity index (χ3v) is 5.15. The second kappa shape index (κ2) is 8.26. The van der Waals surface area contributed by atoms with Gasteiger partial charge in [0.2, 0.25) is 5.91 Å². The number of rotatable bonds is 7. The van der Waals surface area contributed by atoms with Gasteiger partial charge in [0.15, 0.2) is 16.7 Å². The molecule has 0 atom stereocenters. The molecule has 2 heterocycles. The molecule has 0 unspecified atom stereocenters. The van der Waals surface area contributed by atoms with Gasteiger partial charge in [0, 0.05) is 17.1 Å². The number of thioether (sulfide) groups is 2. The lowest BCUT2D eigenvalue weighted by Crippen LogP contribution is -2.14. The van der Waals surface area contributed by atoms with Gasteiger partial charge < -0.3 is 9.73 Å². The summed E-state index contributed by atoms with van der Waals surface area (Å²) in [6.07, 6.45) is 3.61. The maximum Gasteiger partial charge on any atom is 0.234 e. The molecule has 0 aliphatic carbocycles. The molecule has 1 aromatic carbocycles. The molecule has 0 fully saturated rings. The fourth-order valence-electron chi connectivity index (χ4n) is 2.30. The fourth-order valence-corrected chi connectivity index (χ4v) is 3.56. The van der Waals surface area contributed by atoms with E-state index in [9.17, 15) is 4.79 Å². The number of amides is 1. The van der Waals surface area contributed by atoms with Gasteiger partial charge in [0.1, 0.15) is 0 Å². The molecule has 0 saturated heterocycles. The van der Waals surface area contributed by atoms with Crippen LogP contribution in [0.25, 0.3) is 11.6 Å². The Morgan fingerprint density at radius 3 is 2.88 bits per heavy atom. The monoisotopic (exact) mass is 374 g/mol. The molecule has 130 valence electrons. The minimum atomic E-state index is -0.0755. The van der Waals surface area contributed by atoms with Crippen molar-refractivity contribution in [2.45, 2.75) is 23.5 Å². The average Bonchev–Trinajstić information content (AvgIpc) is 3.29. The molecule has 0 aliphatic heterocycles. The van der Waals surface area contributed by atoms with Crippen LogP contribution >= 0.6 is 23.5 Å². The zero-order valence-electron chi connectivity index (χ0n) is 13.9. The molecule has 6 nitrogen and oxygen atoms in total. The third-order valence-electron chi connectivity index (χ3n) is 3.46. The summed E-state index contributed by atoms with van der Waals surface area (Å²) in [6, 6.07) is 11.4. The summed E-state index contributed by atoms with van der Waals surface area (Å²) in [5.74, 6) is 1.52. The zero-order valence-corrected chi connectivity index (χ0v) is 15.6. The quantitative estimate of drug-likeness (QED) is 0.630. The van der Waals surface area contributed by atoms with Crippen LogP contribution in [0, 0.1) is 0 Å². The van der Waals surface area contributed by atoms with Crippen molar-refractivity contribution in [3.8, 4) is 11.6 Å². The summed E-state index contributed by atoms with van der Waals surface area (Å²) in [4.78, 5) is 13.3. The van der Waals surface area contributed by atoms with Gasteiger partial charge in [-0.1, -0.05) is 17.8 Å². The van der Waals surface area contributed by atoms with Crippen LogP contribution in [0.2, 0.25) is 0 Å². The van der Waals surface area contributed by atoms with Crippen LogP contribution < -0.4 is 5.32 Å². The summed E-state index contributed by atoms with van der Waals surface area (Å²) in [6.45, 7) is 2.70. The van der Waals surface area contributed by atoms with Crippen molar-refractivity contribution in [2.75, 3.05) is 17.3 Å². The summed E-state index contributed by atoms with van der Waals surface area (Å²) in [5.41, 5.74) is 0.797. The third kappa shape index (κ3) is 4.26. The first kappa shape index (κ1) is 17.6. The van der Waals surface area contributed by atoms with Crippen molar-refractivity contribution in [1.82, 2.24) is 14.8 Å². The van der Waals surface area contributed by atoms with Crippen LogP contribution in [0.3, 0.4) is 0 Å². The van der Waals surface area contributed by atoms with Crippen molar-refractivity contribution in [2.24, 2.45) is 0 Å². The van der Waals surface area contributed by atoms with Crippen molar-refractivity contribution >= 4 is 35.1 Å². The summed E-state index contributed by atoms with van der Waals surface area (Å²) < 4.78 is 7.32. The lowest BCUT2D eigenvalue weighted by Gasteiger charge is -2.07. The topological polar surface area (TPSA) is 73.0 Å². The van der Waals surface area contributed by atoms with E-state index in [0.717, 1.165) is 10.6 Å². The highest BCUT2D eigenvalue weighted by Crippen LogP contribution is 2.24. The Morgan fingerprint density at radius 1 is 1.28 bits per heavy atom. The molecule has 0 bridgehead atoms. The Balaban J connectivity index is 1.64. The smallest absolute Gasteiger partial charge is 0.234 e. The number of nitrogens with one attached hydrogen (secondary N) is 1. The minimum Gasteiger partial charge on any atom is -0.461 e. The number of carbonyl (C=O) groups excluding carboxylic acids is 1. The van der Waals surface area contributed by atoms with E-state index in [-0.39, 0.29) is 11.7 Å². The molecule has 0 spiro atoms. The van der Waals surface area contributed by atoms with Crippen LogP contribution in [-0.2, 0) is 11.3 Å². The number of aromatic nitrogens is 3. The fraction of sp³-hybridized carbons (Fsp3) is 0.235. The highest BCUT2D eigenvalue weighted by Gasteiger charge is 2.16. The van der Waals surface area contributed by atoms with E-state index in [1.54, 1.807) is 18.0 Å². The second-order valence-corrected chi connectivity index (χ2v) is 6.92. The first-order valence-electron chi connectivity index (χ1n) is 7.75. The molecule has 0 radical (unpaired) electrons. The van der Waals surface area contributed by atoms with Crippen LogP contribution in [-0.4, -0.2) is 32.7 Å². The van der Waals surface area contributed by atoms with E-state index in [1.165, 1.54) is 11.8 Å². The van der Waals surface area contributed by atoms with Gasteiger partial charge in [0.05, 0.1) is 12.0 Å². The number of hydrogen-bond acceptors (Lipinski definition) is 6. The Hall–Kier alpha value is -2.19. The minimum absolute atomic E-state index is 0.0755. The molecule has 0 saturated carbocycles. The second-order valence-electron chi connectivity index (χ2n) is 5.10. The Morgan fingerprint density at radius 2 is 2.16 bits per heavy atom. The molecule has 1 N–H and O–H groups in total. The first-order valence-corrected chi connectivity index (χ1v) is 9.96. The largest absolute Gasteiger partial charge is 0.461 e. The lowest BCUT2D eigenvalue weighted by atomic mass is 10.3. The van der Waals surface area contributed by atoms with E-state index in [0.29, 0.717) is 23.3 Å². The van der Waals surface area contributed by atoms with Crippen LogP contribution in [0.4, 0.5) is 5.69 Å².